The molecule has 1 N–H and O–H groups in total. The van der Waals surface area contributed by atoms with Crippen LogP contribution in [0.1, 0.15) is 29.5 Å². The van der Waals surface area contributed by atoms with Gasteiger partial charge in [-0.25, -0.2) is 0 Å². The maximum atomic E-state index is 10.4. The van der Waals surface area contributed by atoms with Crippen molar-refractivity contribution in [3.63, 3.8) is 0 Å². The lowest BCUT2D eigenvalue weighted by molar-refractivity contribution is -0.0846. The summed E-state index contributed by atoms with van der Waals surface area (Å²) in [5.41, 5.74) is 3.14. The first-order chi connectivity index (χ1) is 7.61. The molecule has 1 unspecified atom stereocenters. The number of hydrogen-bond donors (Lipinski definition) is 1. The third kappa shape index (κ3) is 2.45. The number of aliphatic hydroxyl groups is 1. The van der Waals surface area contributed by atoms with Crippen molar-refractivity contribution in [3.05, 3.63) is 34.9 Å². The number of hydrogen-bond acceptors (Lipinski definition) is 2. The fraction of sp³-hybridized carbons (Fsp3) is 0.571. The highest BCUT2D eigenvalue weighted by Crippen LogP contribution is 2.26. The van der Waals surface area contributed by atoms with Gasteiger partial charge in [-0.05, 0) is 43.4 Å². The minimum absolute atomic E-state index is 0.473. The van der Waals surface area contributed by atoms with Gasteiger partial charge in [0.05, 0.1) is 12.2 Å². The van der Waals surface area contributed by atoms with Crippen LogP contribution in [0, 0.1) is 13.8 Å². The molecule has 1 aliphatic heterocycles. The number of ether oxygens (including phenoxy) is 1. The third-order valence-corrected chi connectivity index (χ3v) is 3.45. The topological polar surface area (TPSA) is 29.5 Å². The molecule has 2 nitrogen and oxygen atoms in total. The van der Waals surface area contributed by atoms with Gasteiger partial charge in [0.25, 0.3) is 0 Å². The molecular weight excluding hydrogens is 200 g/mol. The quantitative estimate of drug-likeness (QED) is 0.829. The Labute approximate surface area is 97.3 Å². The number of rotatable bonds is 2. The third-order valence-electron chi connectivity index (χ3n) is 3.45. The van der Waals surface area contributed by atoms with Gasteiger partial charge in [0.2, 0.25) is 0 Å². The molecule has 0 radical (unpaired) electrons. The van der Waals surface area contributed by atoms with Crippen LogP contribution in [0.5, 0.6) is 0 Å². The molecule has 88 valence electrons. The highest BCUT2D eigenvalue weighted by atomic mass is 16.5. The second-order valence-electron chi connectivity index (χ2n) is 4.93. The SMILES string of the molecule is Cc1cccc(C)c1CC1(O)CCCOC1. The zero-order valence-corrected chi connectivity index (χ0v) is 10.1. The Balaban J connectivity index is 2.19. The Morgan fingerprint density at radius 2 is 2.00 bits per heavy atom. The Hall–Kier alpha value is -0.860. The van der Waals surface area contributed by atoms with Gasteiger partial charge in [0, 0.05) is 13.0 Å². The minimum atomic E-state index is -0.658. The highest BCUT2D eigenvalue weighted by molar-refractivity contribution is 5.34. The van der Waals surface area contributed by atoms with E-state index in [1.54, 1.807) is 0 Å². The van der Waals surface area contributed by atoms with Crippen molar-refractivity contribution in [3.8, 4) is 0 Å². The van der Waals surface area contributed by atoms with Crippen LogP contribution in [0.2, 0.25) is 0 Å². The van der Waals surface area contributed by atoms with Crippen molar-refractivity contribution in [2.24, 2.45) is 0 Å². The van der Waals surface area contributed by atoms with E-state index in [2.05, 4.69) is 32.0 Å². The summed E-state index contributed by atoms with van der Waals surface area (Å²) < 4.78 is 5.39. The second-order valence-corrected chi connectivity index (χ2v) is 4.93. The van der Waals surface area contributed by atoms with Gasteiger partial charge in [-0.2, -0.15) is 0 Å². The lowest BCUT2D eigenvalue weighted by atomic mass is 9.86. The van der Waals surface area contributed by atoms with E-state index >= 15 is 0 Å². The van der Waals surface area contributed by atoms with Crippen molar-refractivity contribution in [1.82, 2.24) is 0 Å². The van der Waals surface area contributed by atoms with Crippen molar-refractivity contribution < 1.29 is 9.84 Å². The lowest BCUT2D eigenvalue weighted by Crippen LogP contribution is -2.41. The molecule has 0 saturated carbocycles. The van der Waals surface area contributed by atoms with Gasteiger partial charge in [-0.3, -0.25) is 0 Å². The Bertz CT molecular complexity index is 345. The molecule has 1 aromatic rings. The molecule has 0 aliphatic carbocycles. The molecule has 16 heavy (non-hydrogen) atoms. The summed E-state index contributed by atoms with van der Waals surface area (Å²) in [5, 5.41) is 10.4. The van der Waals surface area contributed by atoms with E-state index in [0.29, 0.717) is 13.0 Å². The molecule has 0 bridgehead atoms. The zero-order chi connectivity index (χ0) is 11.6. The molecule has 1 saturated heterocycles. The number of benzene rings is 1. The van der Waals surface area contributed by atoms with E-state index in [0.717, 1.165) is 19.4 Å². The fourth-order valence-electron chi connectivity index (χ4n) is 2.43. The average Bonchev–Trinajstić information content (AvgIpc) is 2.25. The summed E-state index contributed by atoms with van der Waals surface area (Å²) >= 11 is 0. The monoisotopic (exact) mass is 220 g/mol. The largest absolute Gasteiger partial charge is 0.387 e. The van der Waals surface area contributed by atoms with Crippen LogP contribution in [-0.2, 0) is 11.2 Å². The maximum Gasteiger partial charge on any atom is 0.0921 e. The summed E-state index contributed by atoms with van der Waals surface area (Å²) in [4.78, 5) is 0. The summed E-state index contributed by atoms with van der Waals surface area (Å²) in [6.07, 6.45) is 2.52. The molecule has 1 aliphatic rings. The molecule has 0 amide bonds. The van der Waals surface area contributed by atoms with Gasteiger partial charge in [-0.15, -0.1) is 0 Å². The average molecular weight is 220 g/mol. The molecule has 2 rings (SSSR count). The smallest absolute Gasteiger partial charge is 0.0921 e. The van der Waals surface area contributed by atoms with E-state index in [9.17, 15) is 5.11 Å². The molecule has 2 heteroatoms. The Morgan fingerprint density at radius 1 is 1.31 bits per heavy atom. The number of aryl methyl sites for hydroxylation is 2. The first kappa shape index (κ1) is 11.6. The summed E-state index contributed by atoms with van der Waals surface area (Å²) in [7, 11) is 0. The first-order valence-electron chi connectivity index (χ1n) is 5.96. The standard InChI is InChI=1S/C14H20O2/c1-11-5-3-6-12(2)13(11)9-14(15)7-4-8-16-10-14/h3,5-6,15H,4,7-10H2,1-2H3. The first-order valence-corrected chi connectivity index (χ1v) is 5.96. The van der Waals surface area contributed by atoms with E-state index in [-0.39, 0.29) is 0 Å². The molecule has 1 aromatic carbocycles. The molecule has 1 heterocycles. The summed E-state index contributed by atoms with van der Waals surface area (Å²) in [5.74, 6) is 0. The van der Waals surface area contributed by atoms with Crippen LogP contribution in [-0.4, -0.2) is 23.9 Å². The highest BCUT2D eigenvalue weighted by Gasteiger charge is 2.31. The molecule has 0 spiro atoms. The zero-order valence-electron chi connectivity index (χ0n) is 10.1. The van der Waals surface area contributed by atoms with Crippen LogP contribution < -0.4 is 0 Å². The fourth-order valence-corrected chi connectivity index (χ4v) is 2.43. The van der Waals surface area contributed by atoms with Gasteiger partial charge in [0.15, 0.2) is 0 Å². The molecule has 1 fully saturated rings. The van der Waals surface area contributed by atoms with Crippen molar-refractivity contribution in [2.45, 2.75) is 38.7 Å². The maximum absolute atomic E-state index is 10.4. The van der Waals surface area contributed by atoms with Crippen LogP contribution in [0.3, 0.4) is 0 Å². The van der Waals surface area contributed by atoms with Crippen molar-refractivity contribution in [1.29, 1.82) is 0 Å². The summed E-state index contributed by atoms with van der Waals surface area (Å²) in [6, 6.07) is 6.28. The van der Waals surface area contributed by atoms with Crippen molar-refractivity contribution in [2.75, 3.05) is 13.2 Å². The lowest BCUT2D eigenvalue weighted by Gasteiger charge is -2.33. The minimum Gasteiger partial charge on any atom is -0.387 e. The molecular formula is C14H20O2. The molecule has 0 aromatic heterocycles. The predicted molar refractivity (Wildman–Crippen MR) is 64.6 cm³/mol. The Kier molecular flexibility index (Phi) is 3.31. The normalized spacial score (nSPS) is 25.7. The van der Waals surface area contributed by atoms with Crippen LogP contribution in [0.4, 0.5) is 0 Å². The van der Waals surface area contributed by atoms with E-state index < -0.39 is 5.60 Å². The van der Waals surface area contributed by atoms with Gasteiger partial charge >= 0.3 is 0 Å². The summed E-state index contributed by atoms with van der Waals surface area (Å²) in [6.45, 7) is 5.47. The van der Waals surface area contributed by atoms with E-state index in [4.69, 9.17) is 4.74 Å². The van der Waals surface area contributed by atoms with Crippen molar-refractivity contribution >= 4 is 0 Å². The van der Waals surface area contributed by atoms with Crippen LogP contribution in [0.25, 0.3) is 0 Å². The van der Waals surface area contributed by atoms with Gasteiger partial charge in [-0.1, -0.05) is 18.2 Å². The van der Waals surface area contributed by atoms with E-state index in [1.807, 2.05) is 0 Å². The molecule has 1 atom stereocenters. The predicted octanol–water partition coefficient (Wildman–Crippen LogP) is 2.39. The van der Waals surface area contributed by atoms with Crippen LogP contribution in [0.15, 0.2) is 18.2 Å². The second kappa shape index (κ2) is 4.56. The van der Waals surface area contributed by atoms with Gasteiger partial charge < -0.3 is 9.84 Å². The van der Waals surface area contributed by atoms with Crippen LogP contribution >= 0.6 is 0 Å². The Morgan fingerprint density at radius 3 is 2.56 bits per heavy atom. The van der Waals surface area contributed by atoms with Gasteiger partial charge in [0.1, 0.15) is 0 Å². The van der Waals surface area contributed by atoms with E-state index in [1.165, 1.54) is 16.7 Å².